The highest BCUT2D eigenvalue weighted by molar-refractivity contribution is 5.87. The van der Waals surface area contributed by atoms with Gasteiger partial charge in [-0.2, -0.15) is 74.6 Å². The van der Waals surface area contributed by atoms with Crippen LogP contribution in [0.2, 0.25) is 0 Å². The molecule has 0 radical (unpaired) electrons. The molecule has 0 saturated carbocycles. The highest BCUT2D eigenvalue weighted by Gasteiger charge is 2.95. The van der Waals surface area contributed by atoms with Crippen molar-refractivity contribution in [2.24, 2.45) is 0 Å². The number of alkyl halides is 17. The second-order valence-electron chi connectivity index (χ2n) is 5.92. The Morgan fingerprint density at radius 2 is 0.875 bits per heavy atom. The average molecular weight is 518 g/mol. The van der Waals surface area contributed by atoms with Crippen LogP contribution in [0.1, 0.15) is 6.42 Å². The van der Waals surface area contributed by atoms with Gasteiger partial charge in [-0.25, -0.2) is 4.79 Å². The van der Waals surface area contributed by atoms with E-state index in [1.165, 1.54) is 0 Å². The summed E-state index contributed by atoms with van der Waals surface area (Å²) in [4.78, 5) is 10.8. The molecule has 0 aromatic heterocycles. The quantitative estimate of drug-likeness (QED) is 0.209. The highest BCUT2D eigenvalue weighted by Crippen LogP contribution is 2.64. The zero-order valence-corrected chi connectivity index (χ0v) is 14.7. The summed E-state index contributed by atoms with van der Waals surface area (Å²) in [6, 6.07) is 0. The van der Waals surface area contributed by atoms with Gasteiger partial charge in [0.15, 0.2) is 0 Å². The highest BCUT2D eigenvalue weighted by atomic mass is 19.4. The van der Waals surface area contributed by atoms with Crippen LogP contribution < -0.4 is 0 Å². The van der Waals surface area contributed by atoms with Crippen LogP contribution in [0.15, 0.2) is 12.2 Å². The maximum atomic E-state index is 13.5. The molecule has 2 nitrogen and oxygen atoms in total. The lowest BCUT2D eigenvalue weighted by atomic mass is 9.87. The van der Waals surface area contributed by atoms with E-state index in [9.17, 15) is 79.4 Å². The van der Waals surface area contributed by atoms with E-state index in [4.69, 9.17) is 0 Å². The zero-order valence-electron chi connectivity index (χ0n) is 14.7. The van der Waals surface area contributed by atoms with E-state index in [1.807, 2.05) is 0 Å². The van der Waals surface area contributed by atoms with Gasteiger partial charge in [0, 0.05) is 12.0 Å². The maximum Gasteiger partial charge on any atom is 0.460 e. The van der Waals surface area contributed by atoms with Gasteiger partial charge in [0.05, 0.1) is 7.11 Å². The van der Waals surface area contributed by atoms with Crippen molar-refractivity contribution in [2.75, 3.05) is 7.11 Å². The maximum absolute atomic E-state index is 13.5. The molecular weight excluding hydrogens is 511 g/mol. The fourth-order valence-electron chi connectivity index (χ4n) is 1.79. The van der Waals surface area contributed by atoms with Crippen LogP contribution in [0.25, 0.3) is 0 Å². The summed E-state index contributed by atoms with van der Waals surface area (Å²) in [5.74, 6) is -59.1. The van der Waals surface area contributed by atoms with Gasteiger partial charge in [-0.1, -0.05) is 6.58 Å². The van der Waals surface area contributed by atoms with Gasteiger partial charge in [-0.15, -0.1) is 0 Å². The predicted molar refractivity (Wildman–Crippen MR) is 66.5 cm³/mol. The Morgan fingerprint density at radius 1 is 0.594 bits per heavy atom. The van der Waals surface area contributed by atoms with Crippen molar-refractivity contribution in [2.45, 2.75) is 54.1 Å². The number of methoxy groups -OCH3 is 1. The number of rotatable bonds is 9. The Hall–Kier alpha value is -1.98. The lowest BCUT2D eigenvalue weighted by molar-refractivity contribution is -0.461. The van der Waals surface area contributed by atoms with E-state index in [-0.39, 0.29) is 0 Å². The minimum atomic E-state index is -8.69. The summed E-state index contributed by atoms with van der Waals surface area (Å²) in [5, 5.41) is 0. The van der Waals surface area contributed by atoms with Crippen LogP contribution in [0, 0.1) is 0 Å². The first-order valence-electron chi connectivity index (χ1n) is 7.09. The summed E-state index contributed by atoms with van der Waals surface area (Å²) in [6.07, 6.45) is -10.9. The molecule has 0 fully saturated rings. The van der Waals surface area contributed by atoms with E-state index in [1.54, 1.807) is 0 Å². The molecule has 19 heteroatoms. The third-order valence-electron chi connectivity index (χ3n) is 3.70. The summed E-state index contributed by atoms with van der Waals surface area (Å²) >= 11 is 0. The van der Waals surface area contributed by atoms with Gasteiger partial charge in [0.25, 0.3) is 0 Å². The first-order valence-corrected chi connectivity index (χ1v) is 7.09. The summed E-state index contributed by atoms with van der Waals surface area (Å²) in [7, 11) is 0.385. The third-order valence-corrected chi connectivity index (χ3v) is 3.70. The molecule has 0 amide bonds. The number of esters is 1. The second kappa shape index (κ2) is 7.81. The van der Waals surface area contributed by atoms with E-state index < -0.39 is 65.6 Å². The monoisotopic (exact) mass is 518 g/mol. The van der Waals surface area contributed by atoms with Crippen LogP contribution in [-0.4, -0.2) is 60.7 Å². The summed E-state index contributed by atoms with van der Waals surface area (Å²) in [6.45, 7) is 2.30. The zero-order chi connectivity index (χ0) is 26.6. The van der Waals surface area contributed by atoms with E-state index in [0.29, 0.717) is 7.11 Å². The number of carbonyl (C=O) groups excluding carboxylic acids is 1. The molecule has 0 bridgehead atoms. The molecule has 0 aliphatic heterocycles. The van der Waals surface area contributed by atoms with Crippen LogP contribution >= 0.6 is 0 Å². The lowest BCUT2D eigenvalue weighted by Gasteiger charge is -2.42. The van der Waals surface area contributed by atoms with Crippen molar-refractivity contribution in [3.8, 4) is 0 Å². The number of halogens is 17. The first kappa shape index (κ1) is 30.0. The Labute approximate surface area is 165 Å². The van der Waals surface area contributed by atoms with Gasteiger partial charge >= 0.3 is 53.6 Å². The minimum absolute atomic E-state index is 0.385. The molecule has 0 N–H and O–H groups in total. The topological polar surface area (TPSA) is 26.3 Å². The Balaban J connectivity index is 6.65. The normalized spacial score (nSPS) is 15.6. The van der Waals surface area contributed by atoms with Crippen LogP contribution in [0.5, 0.6) is 0 Å². The van der Waals surface area contributed by atoms with Gasteiger partial charge in [-0.05, 0) is 0 Å². The van der Waals surface area contributed by atoms with Crippen molar-refractivity contribution in [3.63, 3.8) is 0 Å². The number of hydrogen-bond acceptors (Lipinski definition) is 2. The molecule has 0 aromatic rings. The lowest BCUT2D eigenvalue weighted by Crippen LogP contribution is -2.74. The van der Waals surface area contributed by atoms with E-state index >= 15 is 0 Å². The van der Waals surface area contributed by atoms with Crippen LogP contribution in [0.3, 0.4) is 0 Å². The summed E-state index contributed by atoms with van der Waals surface area (Å²) in [5.41, 5.74) is -1.86. The largest absolute Gasteiger partial charge is 0.466 e. The molecule has 190 valence electrons. The molecule has 0 aliphatic carbocycles. The van der Waals surface area contributed by atoms with Gasteiger partial charge in [-0.3, -0.25) is 0 Å². The van der Waals surface area contributed by atoms with Crippen LogP contribution in [-0.2, 0) is 9.53 Å². The van der Waals surface area contributed by atoms with Gasteiger partial charge in [0.1, 0.15) is 0 Å². The third kappa shape index (κ3) is 3.94. The smallest absolute Gasteiger partial charge is 0.460 e. The number of ether oxygens (including phenoxy) is 1. The summed E-state index contributed by atoms with van der Waals surface area (Å²) < 4.78 is 225. The Kier molecular flexibility index (Phi) is 7.32. The SMILES string of the molecule is C=C(CC(F)(F)C(F)(F)C(F)(F)C(F)(F)C(F)(F)C(F)(F)C(F)(F)C(F)(F)F)C(=O)OC. The average Bonchev–Trinajstić information content (AvgIpc) is 2.58. The first-order chi connectivity index (χ1) is 13.6. The molecule has 0 atom stereocenters. The predicted octanol–water partition coefficient (Wildman–Crippen LogP) is 6.12. The van der Waals surface area contributed by atoms with Gasteiger partial charge in [0.2, 0.25) is 0 Å². The molecule has 0 spiro atoms. The second-order valence-corrected chi connectivity index (χ2v) is 5.92. The van der Waals surface area contributed by atoms with Crippen molar-refractivity contribution in [1.82, 2.24) is 0 Å². The standard InChI is InChI=1S/C13H7F17O2/c1-4(5(31)32-2)3-6(14,15)7(16,17)8(18,19)9(20,21)10(22,23)11(24,25)12(26,27)13(28,29)30/h1,3H2,2H3. The number of carbonyl (C=O) groups is 1. The molecule has 0 unspecified atom stereocenters. The van der Waals surface area contributed by atoms with Crippen LogP contribution in [0.4, 0.5) is 74.6 Å². The Morgan fingerprint density at radius 3 is 1.16 bits per heavy atom. The Bertz CT molecular complexity index is 733. The molecular formula is C13H7F17O2. The molecule has 0 rings (SSSR count). The van der Waals surface area contributed by atoms with Crippen molar-refractivity contribution >= 4 is 5.97 Å². The minimum Gasteiger partial charge on any atom is -0.466 e. The molecule has 0 saturated heterocycles. The molecule has 0 heterocycles. The molecule has 0 aliphatic rings. The van der Waals surface area contributed by atoms with Crippen molar-refractivity contribution in [3.05, 3.63) is 12.2 Å². The fraction of sp³-hybridized carbons (Fsp3) is 0.769. The van der Waals surface area contributed by atoms with E-state index in [2.05, 4.69) is 11.3 Å². The molecule has 32 heavy (non-hydrogen) atoms. The van der Waals surface area contributed by atoms with Crippen molar-refractivity contribution in [1.29, 1.82) is 0 Å². The van der Waals surface area contributed by atoms with E-state index in [0.717, 1.165) is 0 Å². The fourth-order valence-corrected chi connectivity index (χ4v) is 1.79. The number of hydrogen-bond donors (Lipinski definition) is 0. The van der Waals surface area contributed by atoms with Gasteiger partial charge < -0.3 is 4.74 Å². The van der Waals surface area contributed by atoms with Crippen molar-refractivity contribution < 1.29 is 84.2 Å². The molecule has 0 aromatic carbocycles.